The Morgan fingerprint density at radius 3 is 2.53 bits per heavy atom. The molecule has 0 saturated carbocycles. The summed E-state index contributed by atoms with van der Waals surface area (Å²) in [4.78, 5) is 0. The minimum atomic E-state index is -0.564. The molecule has 0 spiro atoms. The molecular weight excluding hydrogens is 210 g/mol. The van der Waals surface area contributed by atoms with Gasteiger partial charge in [-0.2, -0.15) is 0 Å². The lowest BCUT2D eigenvalue weighted by Crippen LogP contribution is -2.19. The molecule has 0 bridgehead atoms. The lowest BCUT2D eigenvalue weighted by Gasteiger charge is -2.17. The predicted octanol–water partition coefficient (Wildman–Crippen LogP) is 2.81. The molecule has 94 valence electrons. The van der Waals surface area contributed by atoms with Crippen molar-refractivity contribution in [1.82, 2.24) is 5.32 Å². The smallest absolute Gasteiger partial charge is 0.0594 e. The minimum absolute atomic E-state index is 0.554. The highest BCUT2D eigenvalue weighted by atomic mass is 16.3. The average molecular weight is 233 g/mol. The second-order valence-electron chi connectivity index (χ2n) is 5.70. The molecule has 2 nitrogen and oxygen atoms in total. The van der Waals surface area contributed by atoms with E-state index < -0.39 is 5.60 Å². The third kappa shape index (κ3) is 3.83. The molecule has 2 heteroatoms. The summed E-state index contributed by atoms with van der Waals surface area (Å²) in [7, 11) is 0. The van der Waals surface area contributed by atoms with Crippen LogP contribution in [0.25, 0.3) is 0 Å². The topological polar surface area (TPSA) is 32.3 Å². The largest absolute Gasteiger partial charge is 0.390 e. The molecule has 0 amide bonds. The number of aliphatic hydroxyl groups is 1. The Kier molecular flexibility index (Phi) is 3.85. The zero-order valence-corrected chi connectivity index (χ0v) is 10.9. The molecule has 2 N–H and O–H groups in total. The lowest BCUT2D eigenvalue weighted by molar-refractivity contribution is 0.0714. The molecule has 1 heterocycles. The maximum Gasteiger partial charge on any atom is 0.0594 e. The van der Waals surface area contributed by atoms with Crippen LogP contribution in [0.1, 0.15) is 50.3 Å². The molecule has 2 rings (SSSR count). The lowest BCUT2D eigenvalue weighted by atomic mass is 9.97. The predicted molar refractivity (Wildman–Crippen MR) is 71.0 cm³/mol. The number of nitrogens with one attached hydrogen (secondary N) is 1. The number of rotatable bonds is 4. The highest BCUT2D eigenvalue weighted by Crippen LogP contribution is 2.23. The molecule has 1 fully saturated rings. The first-order valence-electron chi connectivity index (χ1n) is 6.59. The van der Waals surface area contributed by atoms with E-state index in [4.69, 9.17) is 0 Å². The van der Waals surface area contributed by atoms with E-state index in [0.29, 0.717) is 6.04 Å². The quantitative estimate of drug-likeness (QED) is 0.838. The number of hydrogen-bond acceptors (Lipinski definition) is 2. The fourth-order valence-electron chi connectivity index (χ4n) is 2.34. The van der Waals surface area contributed by atoms with Gasteiger partial charge in [-0.3, -0.25) is 0 Å². The van der Waals surface area contributed by atoms with Crippen molar-refractivity contribution < 1.29 is 5.11 Å². The summed E-state index contributed by atoms with van der Waals surface area (Å²) in [6.45, 7) is 4.87. The van der Waals surface area contributed by atoms with E-state index in [2.05, 4.69) is 29.6 Å². The maximum absolute atomic E-state index is 9.70. The standard InChI is InChI=1S/C15H23NO/c1-15(2,17)10-9-12-5-7-13(8-6-12)14-4-3-11-16-14/h5-8,14,16-17H,3-4,9-11H2,1-2H3. The Morgan fingerprint density at radius 1 is 1.29 bits per heavy atom. The van der Waals surface area contributed by atoms with Crippen molar-refractivity contribution in [2.45, 2.75) is 51.2 Å². The van der Waals surface area contributed by atoms with Crippen LogP contribution < -0.4 is 5.32 Å². The summed E-state index contributed by atoms with van der Waals surface area (Å²) in [5, 5.41) is 13.2. The second-order valence-corrected chi connectivity index (χ2v) is 5.70. The van der Waals surface area contributed by atoms with Crippen molar-refractivity contribution in [2.75, 3.05) is 6.54 Å². The Hall–Kier alpha value is -0.860. The highest BCUT2D eigenvalue weighted by Gasteiger charge is 2.16. The molecule has 1 unspecified atom stereocenters. The molecule has 1 aliphatic heterocycles. The Bertz CT molecular complexity index is 344. The van der Waals surface area contributed by atoms with Crippen LogP contribution in [0.5, 0.6) is 0 Å². The maximum atomic E-state index is 9.70. The normalized spacial score (nSPS) is 20.8. The van der Waals surface area contributed by atoms with E-state index in [9.17, 15) is 5.11 Å². The summed E-state index contributed by atoms with van der Waals surface area (Å²) in [6, 6.07) is 9.39. The van der Waals surface area contributed by atoms with Crippen molar-refractivity contribution in [2.24, 2.45) is 0 Å². The highest BCUT2D eigenvalue weighted by molar-refractivity contribution is 5.25. The van der Waals surface area contributed by atoms with Crippen molar-refractivity contribution in [3.63, 3.8) is 0 Å². The van der Waals surface area contributed by atoms with Crippen LogP contribution in [0.3, 0.4) is 0 Å². The van der Waals surface area contributed by atoms with Crippen molar-refractivity contribution in [3.8, 4) is 0 Å². The van der Waals surface area contributed by atoms with E-state index in [-0.39, 0.29) is 0 Å². The van der Waals surface area contributed by atoms with Gasteiger partial charge < -0.3 is 10.4 Å². The molecule has 1 aromatic rings. The zero-order chi connectivity index (χ0) is 12.3. The van der Waals surface area contributed by atoms with E-state index in [1.807, 2.05) is 13.8 Å². The number of benzene rings is 1. The number of aryl methyl sites for hydroxylation is 1. The van der Waals surface area contributed by atoms with E-state index >= 15 is 0 Å². The first-order chi connectivity index (χ1) is 8.04. The molecule has 1 atom stereocenters. The van der Waals surface area contributed by atoms with E-state index in [1.54, 1.807) is 0 Å². The van der Waals surface area contributed by atoms with Gasteiger partial charge in [-0.15, -0.1) is 0 Å². The molecule has 0 radical (unpaired) electrons. The van der Waals surface area contributed by atoms with Gasteiger partial charge in [0.05, 0.1) is 5.60 Å². The molecule has 0 aliphatic carbocycles. The van der Waals surface area contributed by atoms with Gasteiger partial charge in [-0.1, -0.05) is 24.3 Å². The summed E-state index contributed by atoms with van der Waals surface area (Å²) in [6.07, 6.45) is 4.30. The van der Waals surface area contributed by atoms with Crippen LogP contribution in [-0.2, 0) is 6.42 Å². The van der Waals surface area contributed by atoms with E-state index in [0.717, 1.165) is 19.4 Å². The molecular formula is C15H23NO. The van der Waals surface area contributed by atoms with E-state index in [1.165, 1.54) is 24.0 Å². The molecule has 1 saturated heterocycles. The van der Waals surface area contributed by atoms with Crippen LogP contribution in [0.2, 0.25) is 0 Å². The minimum Gasteiger partial charge on any atom is -0.390 e. The summed E-state index contributed by atoms with van der Waals surface area (Å²) in [5.41, 5.74) is 2.15. The van der Waals surface area contributed by atoms with Crippen LogP contribution in [0.4, 0.5) is 0 Å². The van der Waals surface area contributed by atoms with Crippen LogP contribution in [0.15, 0.2) is 24.3 Å². The zero-order valence-electron chi connectivity index (χ0n) is 10.9. The monoisotopic (exact) mass is 233 g/mol. The van der Waals surface area contributed by atoms with Gasteiger partial charge >= 0.3 is 0 Å². The number of hydrogen-bond donors (Lipinski definition) is 2. The first-order valence-corrected chi connectivity index (χ1v) is 6.59. The summed E-state index contributed by atoms with van der Waals surface area (Å²) >= 11 is 0. The van der Waals surface area contributed by atoms with Gasteiger partial charge in [-0.25, -0.2) is 0 Å². The van der Waals surface area contributed by atoms with Crippen molar-refractivity contribution in [1.29, 1.82) is 0 Å². The summed E-state index contributed by atoms with van der Waals surface area (Å²) in [5.74, 6) is 0. The Morgan fingerprint density at radius 2 is 2.00 bits per heavy atom. The van der Waals surface area contributed by atoms with Gasteiger partial charge in [0.25, 0.3) is 0 Å². The van der Waals surface area contributed by atoms with Gasteiger partial charge in [0, 0.05) is 6.04 Å². The fourth-order valence-corrected chi connectivity index (χ4v) is 2.34. The molecule has 0 aromatic heterocycles. The molecule has 17 heavy (non-hydrogen) atoms. The average Bonchev–Trinajstić information content (AvgIpc) is 2.79. The van der Waals surface area contributed by atoms with Crippen LogP contribution in [0, 0.1) is 0 Å². The SMILES string of the molecule is CC(C)(O)CCc1ccc(C2CCCN2)cc1. The van der Waals surface area contributed by atoms with Gasteiger partial charge in [0.15, 0.2) is 0 Å². The van der Waals surface area contributed by atoms with Crippen molar-refractivity contribution >= 4 is 0 Å². The van der Waals surface area contributed by atoms with Gasteiger partial charge in [0.1, 0.15) is 0 Å². The van der Waals surface area contributed by atoms with Crippen molar-refractivity contribution in [3.05, 3.63) is 35.4 Å². The van der Waals surface area contributed by atoms with Crippen LogP contribution in [-0.4, -0.2) is 17.3 Å². The Balaban J connectivity index is 1.93. The molecule has 1 aromatic carbocycles. The Labute approximate surface area is 104 Å². The fraction of sp³-hybridized carbons (Fsp3) is 0.600. The van der Waals surface area contributed by atoms with Gasteiger partial charge in [0.2, 0.25) is 0 Å². The first kappa shape index (κ1) is 12.6. The molecule has 1 aliphatic rings. The third-order valence-corrected chi connectivity index (χ3v) is 3.47. The second kappa shape index (κ2) is 5.19. The van der Waals surface area contributed by atoms with Crippen LogP contribution >= 0.6 is 0 Å². The third-order valence-electron chi connectivity index (χ3n) is 3.47. The van der Waals surface area contributed by atoms with Gasteiger partial charge in [-0.05, 0) is 57.2 Å². The summed E-state index contributed by atoms with van der Waals surface area (Å²) < 4.78 is 0.